The molecular weight excluding hydrogens is 206 g/mol. The number of aromatic nitrogens is 3. The van der Waals surface area contributed by atoms with Gasteiger partial charge >= 0.3 is 0 Å². The van der Waals surface area contributed by atoms with Gasteiger partial charge in [-0.15, -0.1) is 0 Å². The molecule has 1 N–H and O–H groups in total. The smallest absolute Gasteiger partial charge is 0.138 e. The topological polar surface area (TPSA) is 60.2 Å². The summed E-state index contributed by atoms with van der Waals surface area (Å²) >= 11 is 0. The fraction of sp³-hybridized carbons (Fsp3) is 0.818. The molecule has 0 radical (unpaired) electrons. The van der Waals surface area contributed by atoms with Crippen LogP contribution in [0.1, 0.15) is 33.0 Å². The van der Waals surface area contributed by atoms with E-state index >= 15 is 0 Å². The maximum atomic E-state index is 10.2. The van der Waals surface area contributed by atoms with Crippen molar-refractivity contribution in [2.75, 3.05) is 7.11 Å². The molecule has 1 rings (SSSR count). The molecule has 0 aliphatic heterocycles. The Labute approximate surface area is 96.5 Å². The lowest BCUT2D eigenvalue weighted by molar-refractivity contribution is -0.0923. The van der Waals surface area contributed by atoms with Crippen LogP contribution in [0, 0.1) is 0 Å². The first kappa shape index (κ1) is 13.1. The quantitative estimate of drug-likeness (QED) is 0.788. The minimum Gasteiger partial charge on any atom is -0.390 e. The van der Waals surface area contributed by atoms with Crippen LogP contribution in [0.4, 0.5) is 0 Å². The Morgan fingerprint density at radius 1 is 1.56 bits per heavy atom. The van der Waals surface area contributed by atoms with Crippen LogP contribution in [0.3, 0.4) is 0 Å². The molecule has 92 valence electrons. The second-order valence-electron chi connectivity index (χ2n) is 4.08. The van der Waals surface area contributed by atoms with E-state index in [0.29, 0.717) is 6.42 Å². The molecule has 5 heteroatoms. The summed E-state index contributed by atoms with van der Waals surface area (Å²) in [6, 6.07) is 0. The minimum atomic E-state index is -0.572. The van der Waals surface area contributed by atoms with Gasteiger partial charge in [-0.25, -0.2) is 4.98 Å². The van der Waals surface area contributed by atoms with Crippen LogP contribution < -0.4 is 0 Å². The highest BCUT2D eigenvalue weighted by molar-refractivity contribution is 4.93. The maximum Gasteiger partial charge on any atom is 0.138 e. The van der Waals surface area contributed by atoms with Crippen LogP contribution in [0.5, 0.6) is 0 Å². The fourth-order valence-corrected chi connectivity index (χ4v) is 1.62. The van der Waals surface area contributed by atoms with Crippen molar-refractivity contribution < 1.29 is 9.84 Å². The first-order valence-corrected chi connectivity index (χ1v) is 5.67. The predicted octanol–water partition coefficient (Wildman–Crippen LogP) is 1.02. The van der Waals surface area contributed by atoms with E-state index in [1.54, 1.807) is 11.8 Å². The third kappa shape index (κ3) is 2.59. The van der Waals surface area contributed by atoms with Gasteiger partial charge in [-0.05, 0) is 20.3 Å². The van der Waals surface area contributed by atoms with Crippen molar-refractivity contribution in [3.8, 4) is 0 Å². The lowest BCUT2D eigenvalue weighted by Gasteiger charge is -2.31. The van der Waals surface area contributed by atoms with Gasteiger partial charge in [0, 0.05) is 20.1 Å². The van der Waals surface area contributed by atoms with Crippen LogP contribution in [-0.4, -0.2) is 38.7 Å². The Kier molecular flexibility index (Phi) is 4.44. The van der Waals surface area contributed by atoms with Gasteiger partial charge in [0.1, 0.15) is 12.2 Å². The Morgan fingerprint density at radius 2 is 2.25 bits per heavy atom. The van der Waals surface area contributed by atoms with Crippen molar-refractivity contribution >= 4 is 0 Å². The first-order valence-electron chi connectivity index (χ1n) is 5.67. The Hall–Kier alpha value is -0.940. The molecule has 5 nitrogen and oxygen atoms in total. The normalized spacial score (nSPS) is 17.1. The van der Waals surface area contributed by atoms with E-state index in [-0.39, 0.29) is 0 Å². The van der Waals surface area contributed by atoms with Crippen LogP contribution in [-0.2, 0) is 17.7 Å². The fourth-order valence-electron chi connectivity index (χ4n) is 1.62. The van der Waals surface area contributed by atoms with Crippen LogP contribution in [0.2, 0.25) is 0 Å². The van der Waals surface area contributed by atoms with Gasteiger partial charge in [0.05, 0.1) is 11.7 Å². The SMILES string of the molecule is CCn1ncnc1CC(O)C(C)(CC)OC. The molecular formula is C11H21N3O2. The minimum absolute atomic E-state index is 0.464. The first-order chi connectivity index (χ1) is 7.57. The molecule has 0 saturated carbocycles. The number of hydrogen-bond donors (Lipinski definition) is 1. The molecule has 0 aliphatic rings. The molecule has 2 atom stereocenters. The number of rotatable bonds is 6. The van der Waals surface area contributed by atoms with Crippen molar-refractivity contribution in [2.45, 2.75) is 51.9 Å². The lowest BCUT2D eigenvalue weighted by Crippen LogP contribution is -2.42. The largest absolute Gasteiger partial charge is 0.390 e. The summed E-state index contributed by atoms with van der Waals surface area (Å²) in [4.78, 5) is 4.15. The molecule has 1 aromatic heterocycles. The molecule has 2 unspecified atom stereocenters. The monoisotopic (exact) mass is 227 g/mol. The molecule has 0 bridgehead atoms. The molecule has 1 heterocycles. The third-order valence-corrected chi connectivity index (χ3v) is 3.24. The zero-order valence-corrected chi connectivity index (χ0v) is 10.5. The van der Waals surface area contributed by atoms with Crippen LogP contribution >= 0.6 is 0 Å². The van der Waals surface area contributed by atoms with Gasteiger partial charge in [-0.2, -0.15) is 5.10 Å². The molecule has 0 aliphatic carbocycles. The van der Waals surface area contributed by atoms with Gasteiger partial charge in [0.25, 0.3) is 0 Å². The zero-order valence-electron chi connectivity index (χ0n) is 10.5. The molecule has 1 aromatic rings. The van der Waals surface area contributed by atoms with Crippen molar-refractivity contribution in [1.82, 2.24) is 14.8 Å². The van der Waals surface area contributed by atoms with Gasteiger partial charge in [-0.1, -0.05) is 6.92 Å². The molecule has 0 amide bonds. The number of methoxy groups -OCH3 is 1. The van der Waals surface area contributed by atoms with Crippen molar-refractivity contribution in [3.63, 3.8) is 0 Å². The molecule has 16 heavy (non-hydrogen) atoms. The average Bonchev–Trinajstić information content (AvgIpc) is 2.75. The number of nitrogens with zero attached hydrogens (tertiary/aromatic N) is 3. The molecule has 0 fully saturated rings. The Balaban J connectivity index is 2.74. The summed E-state index contributed by atoms with van der Waals surface area (Å²) in [7, 11) is 1.62. The van der Waals surface area contributed by atoms with E-state index < -0.39 is 11.7 Å². The lowest BCUT2D eigenvalue weighted by atomic mass is 9.93. The van der Waals surface area contributed by atoms with Crippen molar-refractivity contribution in [1.29, 1.82) is 0 Å². The number of aliphatic hydroxyl groups excluding tert-OH is 1. The van der Waals surface area contributed by atoms with E-state index in [0.717, 1.165) is 18.8 Å². The second-order valence-corrected chi connectivity index (χ2v) is 4.08. The third-order valence-electron chi connectivity index (χ3n) is 3.24. The van der Waals surface area contributed by atoms with Crippen LogP contribution in [0.25, 0.3) is 0 Å². The van der Waals surface area contributed by atoms with Gasteiger partial charge in [0.15, 0.2) is 0 Å². The van der Waals surface area contributed by atoms with E-state index in [1.807, 2.05) is 20.8 Å². The molecule has 0 spiro atoms. The number of aliphatic hydroxyl groups is 1. The summed E-state index contributed by atoms with van der Waals surface area (Å²) in [5, 5.41) is 14.2. The van der Waals surface area contributed by atoms with Gasteiger partial charge < -0.3 is 9.84 Å². The number of hydrogen-bond acceptors (Lipinski definition) is 4. The summed E-state index contributed by atoms with van der Waals surface area (Å²) in [6.07, 6.45) is 2.16. The highest BCUT2D eigenvalue weighted by Gasteiger charge is 2.32. The summed E-state index contributed by atoms with van der Waals surface area (Å²) in [5.74, 6) is 0.798. The van der Waals surface area contributed by atoms with Crippen molar-refractivity contribution in [3.05, 3.63) is 12.2 Å². The summed E-state index contributed by atoms with van der Waals surface area (Å²) < 4.78 is 7.15. The predicted molar refractivity (Wildman–Crippen MR) is 61.1 cm³/mol. The summed E-state index contributed by atoms with van der Waals surface area (Å²) in [6.45, 7) is 6.67. The average molecular weight is 227 g/mol. The molecule has 0 saturated heterocycles. The summed E-state index contributed by atoms with van der Waals surface area (Å²) in [5.41, 5.74) is -0.523. The Morgan fingerprint density at radius 3 is 2.75 bits per heavy atom. The van der Waals surface area contributed by atoms with Gasteiger partial charge in [0.2, 0.25) is 0 Å². The standard InChI is InChI=1S/C11H21N3O2/c1-5-11(3,16-4)9(15)7-10-12-8-13-14(10)6-2/h8-9,15H,5-7H2,1-4H3. The van der Waals surface area contributed by atoms with E-state index in [9.17, 15) is 5.11 Å². The molecule has 0 aromatic carbocycles. The highest BCUT2D eigenvalue weighted by atomic mass is 16.5. The van der Waals surface area contributed by atoms with E-state index in [4.69, 9.17) is 4.74 Å². The maximum absolute atomic E-state index is 10.2. The highest BCUT2D eigenvalue weighted by Crippen LogP contribution is 2.21. The van der Waals surface area contributed by atoms with E-state index in [1.165, 1.54) is 6.33 Å². The Bertz CT molecular complexity index is 321. The number of aryl methyl sites for hydroxylation is 1. The van der Waals surface area contributed by atoms with E-state index in [2.05, 4.69) is 10.1 Å². The zero-order chi connectivity index (χ0) is 12.2. The van der Waals surface area contributed by atoms with Crippen molar-refractivity contribution in [2.24, 2.45) is 0 Å². The second kappa shape index (κ2) is 5.41. The van der Waals surface area contributed by atoms with Crippen LogP contribution in [0.15, 0.2) is 6.33 Å². The van der Waals surface area contributed by atoms with Gasteiger partial charge in [-0.3, -0.25) is 4.68 Å². The number of ether oxygens (including phenoxy) is 1.